The normalized spacial score (nSPS) is 41.3. The third-order valence-corrected chi connectivity index (χ3v) is 12.3. The van der Waals surface area contributed by atoms with Crippen molar-refractivity contribution in [1.82, 2.24) is 0 Å². The fourth-order valence-electron chi connectivity index (χ4n) is 10.5. The molecule has 0 radical (unpaired) electrons. The molecule has 0 spiro atoms. The molecule has 0 aromatic carbocycles. The number of fused-ring (bicyclic) bond motifs is 4. The maximum atomic E-state index is 12.5. The van der Waals surface area contributed by atoms with Crippen molar-refractivity contribution in [2.75, 3.05) is 7.11 Å². The smallest absolute Gasteiger partial charge is 0.304 e. The monoisotopic (exact) mass is 486 g/mol. The second kappa shape index (κ2) is 9.48. The standard InChI is InChI=1S/C32H54O3/c1-21(2)10-9-11-22(3)23-15-19-32(20-28(33)34)25-12-13-26-29(4,5)27(35-8)16-17-30(26,6)24(25)14-18-31(23,32)7/h21-23,26-27H,9-20H2,1-8H3,(H,33,34)/t22-,23-,26+,27+,30-,31-,32-/m1/s1. The van der Waals surface area contributed by atoms with Crippen LogP contribution in [0.5, 0.6) is 0 Å². The summed E-state index contributed by atoms with van der Waals surface area (Å²) in [5, 5.41) is 10.2. The molecule has 0 bridgehead atoms. The lowest BCUT2D eigenvalue weighted by molar-refractivity contribution is -0.143. The van der Waals surface area contributed by atoms with E-state index in [1.54, 1.807) is 11.1 Å². The third-order valence-electron chi connectivity index (χ3n) is 12.3. The minimum atomic E-state index is -0.589. The van der Waals surface area contributed by atoms with E-state index in [0.717, 1.165) is 25.2 Å². The van der Waals surface area contributed by atoms with E-state index in [4.69, 9.17) is 4.74 Å². The molecule has 0 unspecified atom stereocenters. The van der Waals surface area contributed by atoms with Crippen molar-refractivity contribution < 1.29 is 14.6 Å². The van der Waals surface area contributed by atoms with Crippen molar-refractivity contribution in [2.45, 2.75) is 132 Å². The molecule has 0 heterocycles. The van der Waals surface area contributed by atoms with E-state index in [2.05, 4.69) is 48.5 Å². The van der Waals surface area contributed by atoms with Crippen LogP contribution in [0.1, 0.15) is 126 Å². The number of methoxy groups -OCH3 is 1. The fourth-order valence-corrected chi connectivity index (χ4v) is 10.5. The molecule has 0 aromatic heterocycles. The maximum Gasteiger partial charge on any atom is 0.304 e. The van der Waals surface area contributed by atoms with E-state index in [1.807, 2.05) is 7.11 Å². The lowest BCUT2D eigenvalue weighted by Crippen LogP contribution is -2.56. The van der Waals surface area contributed by atoms with Gasteiger partial charge in [-0.3, -0.25) is 4.79 Å². The number of carboxylic acid groups (broad SMARTS) is 1. The van der Waals surface area contributed by atoms with Crippen LogP contribution in [0.2, 0.25) is 0 Å². The Morgan fingerprint density at radius 1 is 0.971 bits per heavy atom. The summed E-state index contributed by atoms with van der Waals surface area (Å²) in [4.78, 5) is 12.5. The van der Waals surface area contributed by atoms with Gasteiger partial charge in [-0.1, -0.05) is 78.9 Å². The molecule has 3 heteroatoms. The van der Waals surface area contributed by atoms with Gasteiger partial charge in [0.15, 0.2) is 0 Å². The van der Waals surface area contributed by atoms with Crippen molar-refractivity contribution in [1.29, 1.82) is 0 Å². The summed E-state index contributed by atoms with van der Waals surface area (Å²) in [6.07, 6.45) is 13.8. The quantitative estimate of drug-likeness (QED) is 0.349. The first-order valence-corrected chi connectivity index (χ1v) is 14.8. The summed E-state index contributed by atoms with van der Waals surface area (Å²) in [6.45, 7) is 17.0. The van der Waals surface area contributed by atoms with Crippen molar-refractivity contribution in [2.24, 2.45) is 45.3 Å². The Balaban J connectivity index is 1.72. The third kappa shape index (κ3) is 4.15. The Hall–Kier alpha value is -0.830. The lowest BCUT2D eigenvalue weighted by atomic mass is 9.42. The molecule has 2 fully saturated rings. The van der Waals surface area contributed by atoms with Gasteiger partial charge in [-0.2, -0.15) is 0 Å². The number of allylic oxidation sites excluding steroid dienone is 2. The predicted octanol–water partition coefficient (Wildman–Crippen LogP) is 8.67. The zero-order chi connectivity index (χ0) is 25.8. The van der Waals surface area contributed by atoms with Gasteiger partial charge in [-0.05, 0) is 91.3 Å². The Morgan fingerprint density at radius 3 is 2.31 bits per heavy atom. The van der Waals surface area contributed by atoms with Crippen LogP contribution in [-0.2, 0) is 9.53 Å². The number of hydrogen-bond donors (Lipinski definition) is 1. The van der Waals surface area contributed by atoms with Gasteiger partial charge in [-0.25, -0.2) is 0 Å². The van der Waals surface area contributed by atoms with Crippen molar-refractivity contribution in [3.8, 4) is 0 Å². The summed E-state index contributed by atoms with van der Waals surface area (Å²) in [6, 6.07) is 0. The Bertz CT molecular complexity index is 840. The molecule has 7 atom stereocenters. The van der Waals surface area contributed by atoms with E-state index in [0.29, 0.717) is 30.3 Å². The van der Waals surface area contributed by atoms with Gasteiger partial charge in [0.1, 0.15) is 0 Å². The van der Waals surface area contributed by atoms with E-state index in [1.165, 1.54) is 51.4 Å². The van der Waals surface area contributed by atoms with E-state index < -0.39 is 5.97 Å². The van der Waals surface area contributed by atoms with Crippen LogP contribution >= 0.6 is 0 Å². The molecule has 0 amide bonds. The van der Waals surface area contributed by atoms with Crippen LogP contribution in [0, 0.1) is 45.3 Å². The SMILES string of the molecule is CO[C@H]1CC[C@]2(C)C3=C(CC[C@H]2C1(C)C)[C@]1(CC(=O)O)CC[C@H]([C@H](C)CCCC(C)C)[C@@]1(C)CC3. The molecule has 0 saturated heterocycles. The highest BCUT2D eigenvalue weighted by molar-refractivity contribution is 5.69. The number of hydrogen-bond acceptors (Lipinski definition) is 2. The van der Waals surface area contributed by atoms with E-state index in [9.17, 15) is 9.90 Å². The molecular weight excluding hydrogens is 432 g/mol. The minimum absolute atomic E-state index is 0.115. The van der Waals surface area contributed by atoms with Gasteiger partial charge < -0.3 is 9.84 Å². The molecule has 1 N–H and O–H groups in total. The van der Waals surface area contributed by atoms with Crippen LogP contribution in [0.3, 0.4) is 0 Å². The first-order chi connectivity index (χ1) is 16.3. The van der Waals surface area contributed by atoms with Crippen molar-refractivity contribution in [3.05, 3.63) is 11.1 Å². The average Bonchev–Trinajstić information content (AvgIpc) is 3.05. The van der Waals surface area contributed by atoms with Gasteiger partial charge in [0.25, 0.3) is 0 Å². The van der Waals surface area contributed by atoms with Crippen molar-refractivity contribution >= 4 is 5.97 Å². The van der Waals surface area contributed by atoms with Gasteiger partial charge in [0, 0.05) is 12.5 Å². The molecule has 4 aliphatic carbocycles. The maximum absolute atomic E-state index is 12.5. The largest absolute Gasteiger partial charge is 0.481 e. The number of rotatable bonds is 8. The first-order valence-electron chi connectivity index (χ1n) is 14.8. The zero-order valence-corrected chi connectivity index (χ0v) is 24.1. The van der Waals surface area contributed by atoms with Crippen molar-refractivity contribution in [3.63, 3.8) is 0 Å². The zero-order valence-electron chi connectivity index (χ0n) is 24.1. The Morgan fingerprint density at radius 2 is 1.69 bits per heavy atom. The topological polar surface area (TPSA) is 46.5 Å². The molecule has 35 heavy (non-hydrogen) atoms. The number of carbonyl (C=O) groups is 1. The molecule has 4 aliphatic rings. The summed E-state index contributed by atoms with van der Waals surface area (Å²) >= 11 is 0. The average molecular weight is 487 g/mol. The molecule has 200 valence electrons. The summed E-state index contributed by atoms with van der Waals surface area (Å²) in [7, 11) is 1.89. The number of carboxylic acids is 1. The second-order valence-corrected chi connectivity index (χ2v) is 14.6. The Kier molecular flexibility index (Phi) is 7.37. The lowest BCUT2D eigenvalue weighted by Gasteiger charge is -2.63. The van der Waals surface area contributed by atoms with Crippen LogP contribution in [0.4, 0.5) is 0 Å². The van der Waals surface area contributed by atoms with Crippen LogP contribution in [-0.4, -0.2) is 24.3 Å². The highest BCUT2D eigenvalue weighted by atomic mass is 16.5. The predicted molar refractivity (Wildman–Crippen MR) is 144 cm³/mol. The van der Waals surface area contributed by atoms with Gasteiger partial charge in [0.2, 0.25) is 0 Å². The number of aliphatic carboxylic acids is 1. The van der Waals surface area contributed by atoms with Gasteiger partial charge in [-0.15, -0.1) is 0 Å². The van der Waals surface area contributed by atoms with Crippen LogP contribution < -0.4 is 0 Å². The minimum Gasteiger partial charge on any atom is -0.481 e. The number of ether oxygens (including phenoxy) is 1. The van der Waals surface area contributed by atoms with Gasteiger partial charge in [0.05, 0.1) is 12.5 Å². The molecule has 0 aliphatic heterocycles. The van der Waals surface area contributed by atoms with E-state index in [-0.39, 0.29) is 21.7 Å². The summed E-state index contributed by atoms with van der Waals surface area (Å²) < 4.78 is 5.99. The van der Waals surface area contributed by atoms with Gasteiger partial charge >= 0.3 is 5.97 Å². The molecule has 0 aromatic rings. The highest BCUT2D eigenvalue weighted by Crippen LogP contribution is 2.73. The molecule has 2 saturated carbocycles. The second-order valence-electron chi connectivity index (χ2n) is 14.6. The summed E-state index contributed by atoms with van der Waals surface area (Å²) in [5.41, 5.74) is 3.62. The molecule has 4 rings (SSSR count). The highest BCUT2D eigenvalue weighted by Gasteiger charge is 2.65. The Labute approximate surface area is 215 Å². The van der Waals surface area contributed by atoms with Crippen LogP contribution in [0.25, 0.3) is 0 Å². The van der Waals surface area contributed by atoms with E-state index >= 15 is 0 Å². The molecule has 3 nitrogen and oxygen atoms in total. The summed E-state index contributed by atoms with van der Waals surface area (Å²) in [5.74, 6) is 2.12. The fraction of sp³-hybridized carbons (Fsp3) is 0.906. The van der Waals surface area contributed by atoms with Crippen LogP contribution in [0.15, 0.2) is 11.1 Å². The molecular formula is C32H54O3. The first kappa shape index (κ1) is 27.2.